The van der Waals surface area contributed by atoms with Gasteiger partial charge >= 0.3 is 0 Å². The molecule has 4 heterocycles. The minimum absolute atomic E-state index is 0.140. The summed E-state index contributed by atoms with van der Waals surface area (Å²) >= 11 is 0. The summed E-state index contributed by atoms with van der Waals surface area (Å²) in [5, 5.41) is 19.4. The van der Waals surface area contributed by atoms with Gasteiger partial charge in [-0.2, -0.15) is 9.78 Å². The number of aromatic nitrogens is 7. The van der Waals surface area contributed by atoms with Gasteiger partial charge in [-0.25, -0.2) is 13.8 Å². The average molecular weight is 423 g/mol. The van der Waals surface area contributed by atoms with Crippen molar-refractivity contribution in [2.24, 2.45) is 0 Å². The van der Waals surface area contributed by atoms with Gasteiger partial charge in [0.25, 0.3) is 0 Å². The van der Waals surface area contributed by atoms with Gasteiger partial charge in [0.15, 0.2) is 5.82 Å². The Kier molecular flexibility index (Phi) is 4.86. The molecule has 1 saturated heterocycles. The first-order chi connectivity index (χ1) is 15.1. The quantitative estimate of drug-likeness (QED) is 0.518. The summed E-state index contributed by atoms with van der Waals surface area (Å²) in [6.07, 6.45) is 7.46. The predicted octanol–water partition coefficient (Wildman–Crippen LogP) is 2.37. The van der Waals surface area contributed by atoms with E-state index in [1.54, 1.807) is 18.5 Å². The lowest BCUT2D eigenvalue weighted by Gasteiger charge is -2.22. The number of anilines is 1. The number of nitrogens with two attached hydrogens (primary N) is 1. The highest BCUT2D eigenvalue weighted by molar-refractivity contribution is 5.76. The second kappa shape index (κ2) is 7.84. The van der Waals surface area contributed by atoms with Gasteiger partial charge in [-0.05, 0) is 54.6 Å². The Hall–Kier alpha value is -3.73. The number of halogens is 2. The lowest BCUT2D eigenvalue weighted by atomic mass is 10.1. The molecule has 5 rings (SSSR count). The molecule has 3 N–H and O–H groups in total. The molecular formula is C20H19F2N9. The van der Waals surface area contributed by atoms with E-state index in [4.69, 9.17) is 5.73 Å². The summed E-state index contributed by atoms with van der Waals surface area (Å²) in [5.41, 5.74) is 8.34. The molecule has 158 valence electrons. The summed E-state index contributed by atoms with van der Waals surface area (Å²) in [7, 11) is 0. The smallest absolute Gasteiger partial charge is 0.190 e. The highest BCUT2D eigenvalue weighted by Gasteiger charge is 2.19. The molecule has 3 aromatic heterocycles. The molecule has 0 bridgehead atoms. The van der Waals surface area contributed by atoms with Crippen molar-refractivity contribution in [2.45, 2.75) is 18.9 Å². The minimum Gasteiger partial charge on any atom is -0.383 e. The number of nitrogen functional groups attached to an aromatic ring is 1. The van der Waals surface area contributed by atoms with Crippen LogP contribution >= 0.6 is 0 Å². The van der Waals surface area contributed by atoms with Crippen molar-refractivity contribution in [1.29, 1.82) is 0 Å². The monoisotopic (exact) mass is 423 g/mol. The zero-order valence-corrected chi connectivity index (χ0v) is 16.4. The van der Waals surface area contributed by atoms with E-state index in [-0.39, 0.29) is 17.3 Å². The zero-order chi connectivity index (χ0) is 21.4. The molecule has 0 radical (unpaired) electrons. The van der Waals surface area contributed by atoms with Crippen LogP contribution in [0.25, 0.3) is 28.2 Å². The molecule has 1 aliphatic heterocycles. The molecule has 0 aliphatic carbocycles. The first kappa shape index (κ1) is 19.2. The maximum atomic E-state index is 13.7. The van der Waals surface area contributed by atoms with E-state index in [0.717, 1.165) is 55.3 Å². The summed E-state index contributed by atoms with van der Waals surface area (Å²) in [5.74, 6) is -1.05. The Labute approximate surface area is 175 Å². The Morgan fingerprint density at radius 2 is 1.77 bits per heavy atom. The number of hydrogen-bond acceptors (Lipinski definition) is 7. The lowest BCUT2D eigenvalue weighted by Crippen LogP contribution is -2.29. The van der Waals surface area contributed by atoms with Crippen LogP contribution in [-0.2, 0) is 0 Å². The van der Waals surface area contributed by atoms with E-state index < -0.39 is 11.6 Å². The van der Waals surface area contributed by atoms with E-state index >= 15 is 0 Å². The third kappa shape index (κ3) is 3.75. The summed E-state index contributed by atoms with van der Waals surface area (Å²) in [6.45, 7) is 1.94. The van der Waals surface area contributed by atoms with E-state index in [1.807, 2.05) is 10.9 Å². The topological polar surface area (TPSA) is 112 Å². The Morgan fingerprint density at radius 3 is 2.55 bits per heavy atom. The van der Waals surface area contributed by atoms with Crippen LogP contribution in [0.4, 0.5) is 14.6 Å². The molecule has 0 amide bonds. The molecule has 31 heavy (non-hydrogen) atoms. The lowest BCUT2D eigenvalue weighted by molar-refractivity contribution is 0.343. The van der Waals surface area contributed by atoms with Gasteiger partial charge in [-0.15, -0.1) is 5.10 Å². The normalized spacial score (nSPS) is 14.8. The molecular weight excluding hydrogens is 404 g/mol. The first-order valence-corrected chi connectivity index (χ1v) is 9.84. The number of hydrogen-bond donors (Lipinski definition) is 2. The second-order valence-electron chi connectivity index (χ2n) is 7.39. The van der Waals surface area contributed by atoms with Gasteiger partial charge in [-0.1, -0.05) is 0 Å². The van der Waals surface area contributed by atoms with Crippen molar-refractivity contribution in [2.75, 3.05) is 18.8 Å². The van der Waals surface area contributed by atoms with Crippen LogP contribution in [0.15, 0.2) is 42.9 Å². The molecule has 1 aromatic carbocycles. The number of nitrogens with zero attached hydrogens (tertiary/aromatic N) is 7. The molecule has 0 spiro atoms. The fraction of sp³-hybridized carbons (Fsp3) is 0.250. The van der Waals surface area contributed by atoms with Crippen LogP contribution in [0.2, 0.25) is 0 Å². The van der Waals surface area contributed by atoms with Crippen LogP contribution in [0.5, 0.6) is 0 Å². The minimum atomic E-state index is -0.735. The van der Waals surface area contributed by atoms with Crippen molar-refractivity contribution in [3.63, 3.8) is 0 Å². The van der Waals surface area contributed by atoms with Gasteiger partial charge < -0.3 is 11.1 Å². The first-order valence-electron chi connectivity index (χ1n) is 9.84. The maximum absolute atomic E-state index is 13.7. The molecule has 0 saturated carbocycles. The van der Waals surface area contributed by atoms with Crippen LogP contribution in [-0.4, -0.2) is 48.1 Å². The molecule has 1 fully saturated rings. The summed E-state index contributed by atoms with van der Waals surface area (Å²) in [6, 6.07) is 5.21. The molecule has 4 aromatic rings. The number of piperidine rings is 1. The van der Waals surface area contributed by atoms with E-state index in [9.17, 15) is 8.78 Å². The highest BCUT2D eigenvalue weighted by atomic mass is 19.1. The summed E-state index contributed by atoms with van der Waals surface area (Å²) < 4.78 is 30.6. The Bertz CT molecular complexity index is 1210. The fourth-order valence-corrected chi connectivity index (χ4v) is 3.76. The molecule has 0 unspecified atom stereocenters. The number of tetrazole rings is 1. The number of benzene rings is 1. The van der Waals surface area contributed by atoms with Crippen LogP contribution in [0.3, 0.4) is 0 Å². The number of nitrogens with one attached hydrogen (secondary N) is 1. The third-order valence-electron chi connectivity index (χ3n) is 5.34. The van der Waals surface area contributed by atoms with Gasteiger partial charge in [0.05, 0.1) is 23.5 Å². The van der Waals surface area contributed by atoms with E-state index in [1.165, 1.54) is 4.68 Å². The van der Waals surface area contributed by atoms with E-state index in [0.29, 0.717) is 11.6 Å². The SMILES string of the molecule is Nc1ncc(-c2cnn(C3CCNCC3)c2)cc1-c1nnnn1-c1cc(F)cc(F)c1. The molecule has 11 heteroatoms. The largest absolute Gasteiger partial charge is 0.383 e. The van der Waals surface area contributed by atoms with Crippen molar-refractivity contribution in [3.05, 3.63) is 54.5 Å². The van der Waals surface area contributed by atoms with Crippen molar-refractivity contribution >= 4 is 5.82 Å². The fourth-order valence-electron chi connectivity index (χ4n) is 3.76. The van der Waals surface area contributed by atoms with Crippen LogP contribution < -0.4 is 11.1 Å². The molecule has 9 nitrogen and oxygen atoms in total. The Balaban J connectivity index is 1.52. The highest BCUT2D eigenvalue weighted by Crippen LogP contribution is 2.30. The average Bonchev–Trinajstić information content (AvgIpc) is 3.44. The maximum Gasteiger partial charge on any atom is 0.190 e. The predicted molar refractivity (Wildman–Crippen MR) is 109 cm³/mol. The standard InChI is InChI=1S/C20H19F2N9/c21-14-6-15(22)8-17(7-14)31-20(27-28-29-31)18-5-12(9-25-19(18)23)13-10-26-30(11-13)16-1-3-24-4-2-16/h5-11,16,24H,1-4H2,(H2,23,25). The number of rotatable bonds is 4. The van der Waals surface area contributed by atoms with Gasteiger partial charge in [-0.3, -0.25) is 4.68 Å². The summed E-state index contributed by atoms with van der Waals surface area (Å²) in [4.78, 5) is 4.28. The van der Waals surface area contributed by atoms with Crippen molar-refractivity contribution in [1.82, 2.24) is 40.3 Å². The van der Waals surface area contributed by atoms with Crippen LogP contribution in [0, 0.1) is 11.6 Å². The van der Waals surface area contributed by atoms with Gasteiger partial charge in [0.1, 0.15) is 17.5 Å². The third-order valence-corrected chi connectivity index (χ3v) is 5.34. The second-order valence-corrected chi connectivity index (χ2v) is 7.39. The van der Waals surface area contributed by atoms with Crippen molar-refractivity contribution < 1.29 is 8.78 Å². The Morgan fingerprint density at radius 1 is 1.00 bits per heavy atom. The van der Waals surface area contributed by atoms with Crippen LogP contribution in [0.1, 0.15) is 18.9 Å². The van der Waals surface area contributed by atoms with E-state index in [2.05, 4.69) is 30.9 Å². The van der Waals surface area contributed by atoms with Gasteiger partial charge in [0.2, 0.25) is 0 Å². The number of pyridine rings is 1. The van der Waals surface area contributed by atoms with Crippen molar-refractivity contribution in [3.8, 4) is 28.2 Å². The molecule has 0 atom stereocenters. The van der Waals surface area contributed by atoms with Gasteiger partial charge in [0, 0.05) is 29.6 Å². The molecule has 1 aliphatic rings. The zero-order valence-electron chi connectivity index (χ0n) is 16.4.